The summed E-state index contributed by atoms with van der Waals surface area (Å²) in [6, 6.07) is 8.17. The lowest BCUT2D eigenvalue weighted by molar-refractivity contribution is -0.139. The average molecular weight is 323 g/mol. The van der Waals surface area contributed by atoms with Crippen molar-refractivity contribution in [2.24, 2.45) is 17.6 Å². The Bertz CT molecular complexity index is 878. The van der Waals surface area contributed by atoms with Crippen molar-refractivity contribution >= 4 is 17.8 Å². The summed E-state index contributed by atoms with van der Waals surface area (Å²) in [6.07, 6.45) is 9.16. The molecule has 0 radical (unpaired) electrons. The second-order valence-electron chi connectivity index (χ2n) is 7.25. The summed E-state index contributed by atoms with van der Waals surface area (Å²) in [5, 5.41) is 11.4. The standard InChI is InChI=1S/C20H21NO3/c1-20(21,17-9-16(17)19(22)23)10-12-6-4-8-15-14-7-3-2-5-13(14)11-24-18(12)15/h2-8,11,16-18H,9-10,21H2,1H3,(H,22,23)/t16-,17-,18?,20-/m0/s1. The minimum Gasteiger partial charge on any atom is -0.488 e. The molecule has 2 aliphatic carbocycles. The van der Waals surface area contributed by atoms with Crippen LogP contribution in [-0.4, -0.2) is 22.7 Å². The van der Waals surface area contributed by atoms with Crippen molar-refractivity contribution in [1.29, 1.82) is 0 Å². The van der Waals surface area contributed by atoms with Crippen molar-refractivity contribution in [2.45, 2.75) is 31.4 Å². The molecule has 1 saturated carbocycles. The number of aliphatic carboxylic acids is 1. The third kappa shape index (κ3) is 2.47. The molecule has 0 bridgehead atoms. The minimum absolute atomic E-state index is 0.0325. The van der Waals surface area contributed by atoms with Gasteiger partial charge >= 0.3 is 5.97 Å². The fourth-order valence-corrected chi connectivity index (χ4v) is 3.96. The van der Waals surface area contributed by atoms with E-state index in [-0.39, 0.29) is 17.9 Å². The minimum atomic E-state index is -0.738. The fraction of sp³-hybridized carbons (Fsp3) is 0.350. The largest absolute Gasteiger partial charge is 0.488 e. The van der Waals surface area contributed by atoms with Crippen LogP contribution in [0.3, 0.4) is 0 Å². The predicted molar refractivity (Wildman–Crippen MR) is 92.1 cm³/mol. The van der Waals surface area contributed by atoms with E-state index >= 15 is 0 Å². The molecule has 124 valence electrons. The van der Waals surface area contributed by atoms with Gasteiger partial charge in [-0.3, -0.25) is 4.79 Å². The summed E-state index contributed by atoms with van der Waals surface area (Å²) in [7, 11) is 0. The molecule has 0 spiro atoms. The van der Waals surface area contributed by atoms with Crippen LogP contribution in [0.5, 0.6) is 0 Å². The summed E-state index contributed by atoms with van der Waals surface area (Å²) in [5.74, 6) is -1.01. The molecule has 3 aliphatic rings. The van der Waals surface area contributed by atoms with E-state index < -0.39 is 11.5 Å². The van der Waals surface area contributed by atoms with Crippen molar-refractivity contribution in [1.82, 2.24) is 0 Å². The molecule has 0 aromatic heterocycles. The Morgan fingerprint density at radius 2 is 2.21 bits per heavy atom. The molecule has 4 rings (SSSR count). The van der Waals surface area contributed by atoms with Gasteiger partial charge in [-0.05, 0) is 36.5 Å². The summed E-state index contributed by atoms with van der Waals surface area (Å²) in [5.41, 5.74) is 8.21. The Morgan fingerprint density at radius 3 is 2.96 bits per heavy atom. The molecule has 1 heterocycles. The van der Waals surface area contributed by atoms with Gasteiger partial charge in [0.05, 0.1) is 12.2 Å². The first-order chi connectivity index (χ1) is 11.5. The highest BCUT2D eigenvalue weighted by molar-refractivity contribution is 5.74. The normalized spacial score (nSPS) is 29.3. The van der Waals surface area contributed by atoms with Crippen LogP contribution in [0.25, 0.3) is 11.8 Å². The Kier molecular flexibility index (Phi) is 3.39. The molecule has 1 aliphatic heterocycles. The Balaban J connectivity index is 1.62. The van der Waals surface area contributed by atoms with Crippen LogP contribution in [0.4, 0.5) is 0 Å². The molecule has 4 atom stereocenters. The van der Waals surface area contributed by atoms with Gasteiger partial charge in [-0.15, -0.1) is 0 Å². The molecule has 1 aromatic carbocycles. The Morgan fingerprint density at radius 1 is 1.42 bits per heavy atom. The number of ether oxygens (including phenoxy) is 1. The monoisotopic (exact) mass is 323 g/mol. The van der Waals surface area contributed by atoms with Gasteiger partial charge in [0.1, 0.15) is 6.10 Å². The maximum absolute atomic E-state index is 11.2. The molecular formula is C20H21NO3. The van der Waals surface area contributed by atoms with Crippen molar-refractivity contribution in [2.75, 3.05) is 0 Å². The first kappa shape index (κ1) is 15.2. The first-order valence-electron chi connectivity index (χ1n) is 8.31. The van der Waals surface area contributed by atoms with E-state index in [0.29, 0.717) is 12.8 Å². The summed E-state index contributed by atoms with van der Waals surface area (Å²) in [6.45, 7) is 1.96. The highest BCUT2D eigenvalue weighted by Crippen LogP contribution is 2.48. The van der Waals surface area contributed by atoms with E-state index in [9.17, 15) is 9.90 Å². The SMILES string of the molecule is C[C@](N)(CC1=CC=CC2=c3ccccc3=COC12)[C@H]1C[C@@H]1C(=O)O. The zero-order chi connectivity index (χ0) is 16.9. The number of hydrogen-bond acceptors (Lipinski definition) is 3. The number of benzene rings is 1. The Hall–Kier alpha value is -2.33. The first-order valence-corrected chi connectivity index (χ1v) is 8.31. The summed E-state index contributed by atoms with van der Waals surface area (Å²) < 4.78 is 5.99. The van der Waals surface area contributed by atoms with E-state index in [2.05, 4.69) is 18.2 Å². The van der Waals surface area contributed by atoms with Gasteiger partial charge in [0.15, 0.2) is 0 Å². The van der Waals surface area contributed by atoms with Crippen LogP contribution in [0, 0.1) is 11.8 Å². The zero-order valence-corrected chi connectivity index (χ0v) is 13.6. The maximum Gasteiger partial charge on any atom is 0.306 e. The van der Waals surface area contributed by atoms with Crippen molar-refractivity contribution in [3.8, 4) is 0 Å². The van der Waals surface area contributed by atoms with Crippen molar-refractivity contribution in [3.63, 3.8) is 0 Å². The molecule has 1 unspecified atom stereocenters. The van der Waals surface area contributed by atoms with Gasteiger partial charge in [-0.25, -0.2) is 0 Å². The van der Waals surface area contributed by atoms with Gasteiger partial charge < -0.3 is 15.6 Å². The Labute approximate surface area is 140 Å². The molecule has 0 amide bonds. The number of fused-ring (bicyclic) bond motifs is 2. The van der Waals surface area contributed by atoms with Crippen LogP contribution in [0.2, 0.25) is 0 Å². The van der Waals surface area contributed by atoms with Crippen LogP contribution in [-0.2, 0) is 9.53 Å². The molecule has 1 aromatic rings. The van der Waals surface area contributed by atoms with Crippen LogP contribution < -0.4 is 16.2 Å². The van der Waals surface area contributed by atoms with E-state index in [1.165, 1.54) is 5.22 Å². The van der Waals surface area contributed by atoms with Gasteiger partial charge in [0, 0.05) is 16.3 Å². The molecule has 1 fully saturated rings. The molecule has 0 saturated heterocycles. The van der Waals surface area contributed by atoms with Crippen LogP contribution in [0.15, 0.2) is 48.1 Å². The smallest absolute Gasteiger partial charge is 0.306 e. The lowest BCUT2D eigenvalue weighted by Crippen LogP contribution is -2.43. The van der Waals surface area contributed by atoms with E-state index in [0.717, 1.165) is 16.4 Å². The van der Waals surface area contributed by atoms with Gasteiger partial charge in [0.25, 0.3) is 0 Å². The lowest BCUT2D eigenvalue weighted by atomic mass is 9.82. The highest BCUT2D eigenvalue weighted by Gasteiger charge is 2.52. The zero-order valence-electron chi connectivity index (χ0n) is 13.6. The molecule has 24 heavy (non-hydrogen) atoms. The van der Waals surface area contributed by atoms with Gasteiger partial charge in [-0.1, -0.05) is 42.5 Å². The summed E-state index contributed by atoms with van der Waals surface area (Å²) >= 11 is 0. The molecular weight excluding hydrogens is 302 g/mol. The van der Waals surface area contributed by atoms with E-state index in [1.807, 2.05) is 37.5 Å². The number of hydrogen-bond donors (Lipinski definition) is 2. The topological polar surface area (TPSA) is 72.5 Å². The van der Waals surface area contributed by atoms with Crippen molar-refractivity contribution in [3.05, 3.63) is 58.5 Å². The van der Waals surface area contributed by atoms with Crippen LogP contribution >= 0.6 is 0 Å². The van der Waals surface area contributed by atoms with Gasteiger partial charge in [-0.2, -0.15) is 0 Å². The maximum atomic E-state index is 11.2. The third-order valence-electron chi connectivity index (χ3n) is 5.35. The third-order valence-corrected chi connectivity index (χ3v) is 5.35. The number of nitrogens with two attached hydrogens (primary N) is 1. The second kappa shape index (κ2) is 5.35. The number of carboxylic acid groups (broad SMARTS) is 1. The molecule has 4 nitrogen and oxygen atoms in total. The molecule has 3 N–H and O–H groups in total. The van der Waals surface area contributed by atoms with Crippen LogP contribution in [0.1, 0.15) is 19.8 Å². The number of carboxylic acids is 1. The average Bonchev–Trinajstić information content (AvgIpc) is 3.36. The fourth-order valence-electron chi connectivity index (χ4n) is 3.96. The predicted octanol–water partition coefficient (Wildman–Crippen LogP) is 1.30. The van der Waals surface area contributed by atoms with E-state index in [4.69, 9.17) is 10.5 Å². The lowest BCUT2D eigenvalue weighted by Gasteiger charge is -2.32. The number of rotatable bonds is 4. The summed E-state index contributed by atoms with van der Waals surface area (Å²) in [4.78, 5) is 11.2. The number of allylic oxidation sites excluding steroid dienone is 2. The van der Waals surface area contributed by atoms with E-state index in [1.54, 1.807) is 0 Å². The van der Waals surface area contributed by atoms with Gasteiger partial charge in [0.2, 0.25) is 0 Å². The number of carbonyl (C=O) groups is 1. The van der Waals surface area contributed by atoms with Crippen molar-refractivity contribution < 1.29 is 14.6 Å². The second-order valence-corrected chi connectivity index (χ2v) is 7.25. The molecule has 4 heteroatoms. The highest BCUT2D eigenvalue weighted by atomic mass is 16.5. The quantitative estimate of drug-likeness (QED) is 0.876.